The highest BCUT2D eigenvalue weighted by molar-refractivity contribution is 5.94. The molecule has 1 aromatic carbocycles. The van der Waals surface area contributed by atoms with Crippen molar-refractivity contribution in [2.75, 3.05) is 26.2 Å². The number of rotatable bonds is 1. The van der Waals surface area contributed by atoms with Gasteiger partial charge in [-0.1, -0.05) is 12.1 Å². The lowest BCUT2D eigenvalue weighted by Gasteiger charge is -2.25. The van der Waals surface area contributed by atoms with Crippen molar-refractivity contribution in [3.8, 4) is 0 Å². The summed E-state index contributed by atoms with van der Waals surface area (Å²) >= 11 is 0. The van der Waals surface area contributed by atoms with Crippen molar-refractivity contribution < 1.29 is 9.18 Å². The van der Waals surface area contributed by atoms with Crippen LogP contribution in [0.15, 0.2) is 24.3 Å². The molecule has 3 nitrogen and oxygen atoms in total. The van der Waals surface area contributed by atoms with Crippen LogP contribution in [0.3, 0.4) is 0 Å². The van der Waals surface area contributed by atoms with Gasteiger partial charge in [0.2, 0.25) is 0 Å². The standard InChI is InChI=1S/C13H17FN2O/c14-12-6-2-1-5-11(12)13(17)16-9-4-3-7-15-8-10-16/h1-2,5-6,15H,3-4,7-10H2. The van der Waals surface area contributed by atoms with Gasteiger partial charge in [-0.05, 0) is 31.5 Å². The first-order chi connectivity index (χ1) is 8.29. The van der Waals surface area contributed by atoms with E-state index in [4.69, 9.17) is 0 Å². The van der Waals surface area contributed by atoms with Crippen molar-refractivity contribution in [1.82, 2.24) is 10.2 Å². The van der Waals surface area contributed by atoms with E-state index < -0.39 is 5.82 Å². The average molecular weight is 236 g/mol. The van der Waals surface area contributed by atoms with E-state index in [-0.39, 0.29) is 11.5 Å². The Labute approximate surface area is 101 Å². The highest BCUT2D eigenvalue weighted by Crippen LogP contribution is 2.11. The van der Waals surface area contributed by atoms with Gasteiger partial charge in [0.1, 0.15) is 5.82 Å². The van der Waals surface area contributed by atoms with Gasteiger partial charge in [-0.15, -0.1) is 0 Å². The Balaban J connectivity index is 2.10. The SMILES string of the molecule is O=C(c1ccccc1F)N1CCCCNCC1. The van der Waals surface area contributed by atoms with Gasteiger partial charge >= 0.3 is 0 Å². The molecule has 0 radical (unpaired) electrons. The minimum atomic E-state index is -0.437. The molecule has 1 aliphatic heterocycles. The zero-order chi connectivity index (χ0) is 12.1. The van der Waals surface area contributed by atoms with Crippen molar-refractivity contribution >= 4 is 5.91 Å². The molecule has 0 aliphatic carbocycles. The maximum absolute atomic E-state index is 13.5. The van der Waals surface area contributed by atoms with Gasteiger partial charge in [0, 0.05) is 19.6 Å². The number of nitrogens with one attached hydrogen (secondary N) is 1. The molecule has 4 heteroatoms. The van der Waals surface area contributed by atoms with Crippen LogP contribution >= 0.6 is 0 Å². The fourth-order valence-corrected chi connectivity index (χ4v) is 2.01. The summed E-state index contributed by atoms with van der Waals surface area (Å²) in [4.78, 5) is 13.9. The van der Waals surface area contributed by atoms with Crippen LogP contribution in [-0.4, -0.2) is 37.0 Å². The minimum absolute atomic E-state index is 0.174. The zero-order valence-corrected chi connectivity index (χ0v) is 9.79. The lowest BCUT2D eigenvalue weighted by atomic mass is 10.1. The number of halogens is 1. The summed E-state index contributed by atoms with van der Waals surface area (Å²) in [6.07, 6.45) is 2.02. The van der Waals surface area contributed by atoms with E-state index in [9.17, 15) is 9.18 Å². The molecule has 1 fully saturated rings. The van der Waals surface area contributed by atoms with Crippen LogP contribution in [0, 0.1) is 5.82 Å². The molecule has 2 rings (SSSR count). The maximum atomic E-state index is 13.5. The van der Waals surface area contributed by atoms with Gasteiger partial charge < -0.3 is 10.2 Å². The Kier molecular flexibility index (Phi) is 4.09. The molecule has 0 aromatic heterocycles. The molecule has 0 unspecified atom stereocenters. The molecule has 1 aromatic rings. The monoisotopic (exact) mass is 236 g/mol. The average Bonchev–Trinajstić information content (AvgIpc) is 2.28. The summed E-state index contributed by atoms with van der Waals surface area (Å²) in [7, 11) is 0. The summed E-state index contributed by atoms with van der Waals surface area (Å²) in [5.41, 5.74) is 0.174. The molecule has 1 heterocycles. The fraction of sp³-hybridized carbons (Fsp3) is 0.462. The first-order valence-corrected chi connectivity index (χ1v) is 6.03. The predicted octanol–water partition coefficient (Wildman–Crippen LogP) is 1.65. The van der Waals surface area contributed by atoms with E-state index in [0.717, 1.165) is 32.5 Å². The van der Waals surface area contributed by atoms with Crippen molar-refractivity contribution in [2.24, 2.45) is 0 Å². The van der Waals surface area contributed by atoms with Crippen LogP contribution in [0.1, 0.15) is 23.2 Å². The molecule has 1 saturated heterocycles. The van der Waals surface area contributed by atoms with E-state index in [1.807, 2.05) is 0 Å². The topological polar surface area (TPSA) is 32.3 Å². The Morgan fingerprint density at radius 2 is 2.00 bits per heavy atom. The van der Waals surface area contributed by atoms with E-state index in [2.05, 4.69) is 5.32 Å². The molecular formula is C13H17FN2O. The number of amides is 1. The highest BCUT2D eigenvalue weighted by Gasteiger charge is 2.18. The van der Waals surface area contributed by atoms with E-state index >= 15 is 0 Å². The minimum Gasteiger partial charge on any atom is -0.337 e. The van der Waals surface area contributed by atoms with Gasteiger partial charge in [0.25, 0.3) is 5.91 Å². The molecule has 0 saturated carbocycles. The van der Waals surface area contributed by atoms with Gasteiger partial charge in [0.05, 0.1) is 5.56 Å². The Morgan fingerprint density at radius 3 is 2.82 bits per heavy atom. The molecule has 92 valence electrons. The second-order valence-corrected chi connectivity index (χ2v) is 4.23. The van der Waals surface area contributed by atoms with E-state index in [1.165, 1.54) is 6.07 Å². The molecular weight excluding hydrogens is 219 g/mol. The largest absolute Gasteiger partial charge is 0.337 e. The number of hydrogen-bond acceptors (Lipinski definition) is 2. The van der Waals surface area contributed by atoms with Crippen molar-refractivity contribution in [3.63, 3.8) is 0 Å². The Bertz CT molecular complexity index is 387. The third-order valence-electron chi connectivity index (χ3n) is 2.98. The first kappa shape index (κ1) is 12.0. The lowest BCUT2D eigenvalue weighted by Crippen LogP contribution is -2.40. The third kappa shape index (κ3) is 3.03. The second-order valence-electron chi connectivity index (χ2n) is 4.23. The Hall–Kier alpha value is -1.42. The van der Waals surface area contributed by atoms with Crippen LogP contribution in [-0.2, 0) is 0 Å². The quantitative estimate of drug-likeness (QED) is 0.804. The third-order valence-corrected chi connectivity index (χ3v) is 2.98. The van der Waals surface area contributed by atoms with E-state index in [0.29, 0.717) is 6.54 Å². The smallest absolute Gasteiger partial charge is 0.256 e. The summed E-state index contributed by atoms with van der Waals surface area (Å²) < 4.78 is 13.5. The predicted molar refractivity (Wildman–Crippen MR) is 64.4 cm³/mol. The summed E-state index contributed by atoms with van der Waals surface area (Å²) in [6, 6.07) is 6.17. The van der Waals surface area contributed by atoms with Crippen LogP contribution in [0.2, 0.25) is 0 Å². The first-order valence-electron chi connectivity index (χ1n) is 6.03. The molecule has 1 aliphatic rings. The van der Waals surface area contributed by atoms with Crippen molar-refractivity contribution in [2.45, 2.75) is 12.8 Å². The number of carbonyl (C=O) groups excluding carboxylic acids is 1. The number of benzene rings is 1. The second kappa shape index (κ2) is 5.77. The molecule has 0 atom stereocenters. The van der Waals surface area contributed by atoms with Crippen LogP contribution in [0.4, 0.5) is 4.39 Å². The zero-order valence-electron chi connectivity index (χ0n) is 9.79. The molecule has 17 heavy (non-hydrogen) atoms. The number of carbonyl (C=O) groups is 1. The fourth-order valence-electron chi connectivity index (χ4n) is 2.01. The van der Waals surface area contributed by atoms with Gasteiger partial charge in [0.15, 0.2) is 0 Å². The number of hydrogen-bond donors (Lipinski definition) is 1. The van der Waals surface area contributed by atoms with Gasteiger partial charge in [-0.25, -0.2) is 4.39 Å². The van der Waals surface area contributed by atoms with Gasteiger partial charge in [-0.2, -0.15) is 0 Å². The number of nitrogens with zero attached hydrogens (tertiary/aromatic N) is 1. The molecule has 0 spiro atoms. The lowest BCUT2D eigenvalue weighted by molar-refractivity contribution is 0.0743. The maximum Gasteiger partial charge on any atom is 0.256 e. The molecule has 0 bridgehead atoms. The van der Waals surface area contributed by atoms with E-state index in [1.54, 1.807) is 23.1 Å². The van der Waals surface area contributed by atoms with Crippen molar-refractivity contribution in [3.05, 3.63) is 35.6 Å². The molecule has 1 N–H and O–H groups in total. The van der Waals surface area contributed by atoms with Crippen molar-refractivity contribution in [1.29, 1.82) is 0 Å². The summed E-state index contributed by atoms with van der Waals surface area (Å²) in [6.45, 7) is 3.14. The summed E-state index contributed by atoms with van der Waals surface area (Å²) in [5.74, 6) is -0.640. The van der Waals surface area contributed by atoms with Gasteiger partial charge in [-0.3, -0.25) is 4.79 Å². The van der Waals surface area contributed by atoms with Crippen LogP contribution < -0.4 is 5.32 Å². The van der Waals surface area contributed by atoms with Crippen LogP contribution in [0.5, 0.6) is 0 Å². The van der Waals surface area contributed by atoms with Crippen LogP contribution in [0.25, 0.3) is 0 Å². The highest BCUT2D eigenvalue weighted by atomic mass is 19.1. The summed E-state index contributed by atoms with van der Waals surface area (Å²) in [5, 5.41) is 3.25. The normalized spacial score (nSPS) is 17.4. The Morgan fingerprint density at radius 1 is 1.18 bits per heavy atom. The molecule has 1 amide bonds.